The minimum Gasteiger partial charge on any atom is -0.391 e. The zero-order chi connectivity index (χ0) is 15.4. The molecule has 1 fully saturated rings. The van der Waals surface area contributed by atoms with E-state index in [9.17, 15) is 15.3 Å². The van der Waals surface area contributed by atoms with Crippen LogP contribution < -0.4 is 5.73 Å². The number of nitrogens with two attached hydrogens (primary N) is 1. The Bertz CT molecular complexity index is 669. The lowest BCUT2D eigenvalue weighted by molar-refractivity contribution is -0.0985. The zero-order valence-corrected chi connectivity index (χ0v) is 11.7. The van der Waals surface area contributed by atoms with E-state index in [2.05, 4.69) is 9.97 Å². The van der Waals surface area contributed by atoms with E-state index >= 15 is 0 Å². The van der Waals surface area contributed by atoms with Gasteiger partial charge in [0.2, 0.25) is 0 Å². The highest BCUT2D eigenvalue weighted by Gasteiger charge is 2.54. The van der Waals surface area contributed by atoms with E-state index in [4.69, 9.17) is 10.5 Å². The summed E-state index contributed by atoms with van der Waals surface area (Å²) < 4.78 is 7.24. The standard InChI is InChI=1S/C13H18N4O4/c1-6(18)8-9(19)13(2,20)12(21-8)17-4-3-7-10(14)15-5-16-11(7)17/h3-6,8-9,12,18-20H,1-2H3,(H2,14,15,16)/t6-,8?,9+,12+,13+/m0/s1. The molecule has 1 saturated heterocycles. The van der Waals surface area contributed by atoms with Crippen LogP contribution in [0.1, 0.15) is 20.1 Å². The van der Waals surface area contributed by atoms with E-state index < -0.39 is 30.1 Å². The molecule has 3 rings (SSSR count). The molecule has 114 valence electrons. The Morgan fingerprint density at radius 3 is 2.81 bits per heavy atom. The molecule has 1 aliphatic heterocycles. The van der Waals surface area contributed by atoms with Crippen LogP contribution in [0, 0.1) is 0 Å². The van der Waals surface area contributed by atoms with Crippen molar-refractivity contribution in [3.63, 3.8) is 0 Å². The van der Waals surface area contributed by atoms with Gasteiger partial charge in [0.15, 0.2) is 6.23 Å². The number of aromatic nitrogens is 3. The number of nitrogen functional groups attached to an aromatic ring is 1. The molecule has 21 heavy (non-hydrogen) atoms. The molecule has 0 bridgehead atoms. The molecule has 5 N–H and O–H groups in total. The van der Waals surface area contributed by atoms with Crippen LogP contribution in [0.5, 0.6) is 0 Å². The second-order valence-corrected chi connectivity index (χ2v) is 5.58. The molecule has 1 unspecified atom stereocenters. The molecule has 0 aromatic carbocycles. The molecule has 2 aromatic heterocycles. The average Bonchev–Trinajstić information content (AvgIpc) is 2.92. The van der Waals surface area contributed by atoms with Gasteiger partial charge in [-0.05, 0) is 19.9 Å². The molecule has 8 nitrogen and oxygen atoms in total. The van der Waals surface area contributed by atoms with Gasteiger partial charge in [-0.1, -0.05) is 0 Å². The summed E-state index contributed by atoms with van der Waals surface area (Å²) in [7, 11) is 0. The first-order valence-corrected chi connectivity index (χ1v) is 6.65. The highest BCUT2D eigenvalue weighted by molar-refractivity contribution is 5.86. The van der Waals surface area contributed by atoms with Gasteiger partial charge in [-0.15, -0.1) is 0 Å². The van der Waals surface area contributed by atoms with Gasteiger partial charge in [-0.3, -0.25) is 0 Å². The van der Waals surface area contributed by atoms with Crippen LogP contribution in [0.4, 0.5) is 5.82 Å². The van der Waals surface area contributed by atoms with Crippen LogP contribution >= 0.6 is 0 Å². The van der Waals surface area contributed by atoms with Gasteiger partial charge in [-0.2, -0.15) is 0 Å². The maximum absolute atomic E-state index is 10.6. The van der Waals surface area contributed by atoms with E-state index in [1.54, 1.807) is 16.8 Å². The molecule has 0 radical (unpaired) electrons. The van der Waals surface area contributed by atoms with Gasteiger partial charge in [0.05, 0.1) is 11.5 Å². The van der Waals surface area contributed by atoms with Crippen LogP contribution in [-0.2, 0) is 4.74 Å². The van der Waals surface area contributed by atoms with Crippen molar-refractivity contribution >= 4 is 16.9 Å². The number of hydrogen-bond donors (Lipinski definition) is 4. The van der Waals surface area contributed by atoms with E-state index in [1.165, 1.54) is 20.2 Å². The molecule has 1 aliphatic rings. The number of hydrogen-bond acceptors (Lipinski definition) is 7. The Hall–Kier alpha value is -1.74. The molecular formula is C13H18N4O4. The normalized spacial score (nSPS) is 34.4. The topological polar surface area (TPSA) is 127 Å². The smallest absolute Gasteiger partial charge is 0.167 e. The fraction of sp³-hybridized carbons (Fsp3) is 0.538. The van der Waals surface area contributed by atoms with Crippen molar-refractivity contribution in [2.24, 2.45) is 0 Å². The van der Waals surface area contributed by atoms with Gasteiger partial charge in [0.25, 0.3) is 0 Å². The van der Waals surface area contributed by atoms with Crippen molar-refractivity contribution in [1.29, 1.82) is 0 Å². The summed E-state index contributed by atoms with van der Waals surface area (Å²) in [4.78, 5) is 8.05. The molecule has 0 amide bonds. The zero-order valence-electron chi connectivity index (χ0n) is 11.7. The van der Waals surface area contributed by atoms with Crippen molar-refractivity contribution in [3.05, 3.63) is 18.6 Å². The van der Waals surface area contributed by atoms with Gasteiger partial charge >= 0.3 is 0 Å². The van der Waals surface area contributed by atoms with Gasteiger partial charge < -0.3 is 30.4 Å². The lowest BCUT2D eigenvalue weighted by Gasteiger charge is -2.27. The van der Waals surface area contributed by atoms with Gasteiger partial charge in [-0.25, -0.2) is 9.97 Å². The molecule has 8 heteroatoms. The minimum absolute atomic E-state index is 0.323. The number of aliphatic hydroxyl groups is 3. The van der Waals surface area contributed by atoms with E-state index in [0.717, 1.165) is 0 Å². The summed E-state index contributed by atoms with van der Waals surface area (Å²) in [5.74, 6) is 0.323. The highest BCUT2D eigenvalue weighted by atomic mass is 16.6. The quantitative estimate of drug-likeness (QED) is 0.582. The van der Waals surface area contributed by atoms with E-state index in [0.29, 0.717) is 16.9 Å². The van der Waals surface area contributed by atoms with Crippen LogP contribution in [0.15, 0.2) is 18.6 Å². The first kappa shape index (κ1) is 14.2. The molecular weight excluding hydrogens is 276 g/mol. The van der Waals surface area contributed by atoms with Gasteiger partial charge in [0, 0.05) is 6.20 Å². The predicted octanol–water partition coefficient (Wildman–Crippen LogP) is -0.596. The second kappa shape index (κ2) is 4.63. The summed E-state index contributed by atoms with van der Waals surface area (Å²) in [5, 5.41) is 31.0. The van der Waals surface area contributed by atoms with Crippen LogP contribution in [0.2, 0.25) is 0 Å². The molecule has 0 saturated carbocycles. The Kier molecular flexibility index (Phi) is 3.14. The largest absolute Gasteiger partial charge is 0.391 e. The van der Waals surface area contributed by atoms with Crippen molar-refractivity contribution < 1.29 is 20.1 Å². The lowest BCUT2D eigenvalue weighted by atomic mass is 9.94. The summed E-state index contributed by atoms with van der Waals surface area (Å²) in [6.07, 6.45) is -0.940. The first-order chi connectivity index (χ1) is 9.84. The monoisotopic (exact) mass is 294 g/mol. The van der Waals surface area contributed by atoms with E-state index in [1.807, 2.05) is 0 Å². The summed E-state index contributed by atoms with van der Waals surface area (Å²) in [6, 6.07) is 1.71. The fourth-order valence-corrected chi connectivity index (χ4v) is 2.74. The number of ether oxygens (including phenoxy) is 1. The van der Waals surface area contributed by atoms with Crippen LogP contribution in [0.3, 0.4) is 0 Å². The maximum atomic E-state index is 10.6. The number of fused-ring (bicyclic) bond motifs is 1. The Labute approximate surface area is 120 Å². The number of anilines is 1. The molecule has 2 aromatic rings. The molecule has 5 atom stereocenters. The Morgan fingerprint density at radius 2 is 2.19 bits per heavy atom. The number of rotatable bonds is 2. The van der Waals surface area contributed by atoms with E-state index in [-0.39, 0.29) is 0 Å². The summed E-state index contributed by atoms with van der Waals surface area (Å²) in [6.45, 7) is 2.96. The maximum Gasteiger partial charge on any atom is 0.167 e. The average molecular weight is 294 g/mol. The fourth-order valence-electron chi connectivity index (χ4n) is 2.74. The summed E-state index contributed by atoms with van der Waals surface area (Å²) in [5.41, 5.74) is 4.70. The third-order valence-corrected chi connectivity index (χ3v) is 3.96. The SMILES string of the molecule is C[C@H](O)C1O[C@@H](n2ccc3c(N)ncnc32)[C@](C)(O)[C@@H]1O. The van der Waals surface area contributed by atoms with Gasteiger partial charge in [0.1, 0.15) is 35.6 Å². The predicted molar refractivity (Wildman–Crippen MR) is 74.2 cm³/mol. The summed E-state index contributed by atoms with van der Waals surface area (Å²) >= 11 is 0. The van der Waals surface area contributed by atoms with Crippen molar-refractivity contribution in [1.82, 2.24) is 14.5 Å². The number of aliphatic hydroxyl groups excluding tert-OH is 2. The third kappa shape index (κ3) is 1.99. The van der Waals surface area contributed by atoms with Crippen molar-refractivity contribution in [3.8, 4) is 0 Å². The molecule has 0 spiro atoms. The lowest BCUT2D eigenvalue weighted by Crippen LogP contribution is -2.45. The Morgan fingerprint density at radius 1 is 1.48 bits per heavy atom. The van der Waals surface area contributed by atoms with Crippen molar-refractivity contribution in [2.75, 3.05) is 5.73 Å². The highest BCUT2D eigenvalue weighted by Crippen LogP contribution is 2.40. The third-order valence-electron chi connectivity index (χ3n) is 3.96. The number of nitrogens with zero attached hydrogens (tertiary/aromatic N) is 3. The molecule has 0 aliphatic carbocycles. The van der Waals surface area contributed by atoms with Crippen LogP contribution in [-0.4, -0.2) is 53.8 Å². The first-order valence-electron chi connectivity index (χ1n) is 6.65. The minimum atomic E-state index is -1.58. The van der Waals surface area contributed by atoms with Crippen LogP contribution in [0.25, 0.3) is 11.0 Å². The second-order valence-electron chi connectivity index (χ2n) is 5.58. The molecule has 3 heterocycles. The Balaban J connectivity index is 2.08. The van der Waals surface area contributed by atoms with Crippen molar-refractivity contribution in [2.45, 2.75) is 44.0 Å².